The Hall–Kier alpha value is -3.06. The number of amides is 2. The van der Waals surface area contributed by atoms with Gasteiger partial charge in [-0.15, -0.1) is 0 Å². The molecule has 0 aliphatic carbocycles. The summed E-state index contributed by atoms with van der Waals surface area (Å²) >= 11 is 0. The molecule has 0 saturated heterocycles. The quantitative estimate of drug-likeness (QED) is 0.594. The summed E-state index contributed by atoms with van der Waals surface area (Å²) in [6, 6.07) is 13.1. The van der Waals surface area contributed by atoms with Gasteiger partial charge in [0.2, 0.25) is 0 Å². The van der Waals surface area contributed by atoms with Crippen LogP contribution in [0.2, 0.25) is 0 Å². The smallest absolute Gasteiger partial charge is 0.333 e. The maximum absolute atomic E-state index is 11.5. The van der Waals surface area contributed by atoms with E-state index in [1.165, 1.54) is 0 Å². The minimum Gasteiger partial charge on any atom is -0.493 e. The van der Waals surface area contributed by atoms with Crippen LogP contribution in [0.4, 0.5) is 10.5 Å². The van der Waals surface area contributed by atoms with Gasteiger partial charge in [-0.05, 0) is 42.3 Å². The second kappa shape index (κ2) is 7.88. The highest BCUT2D eigenvalue weighted by Crippen LogP contribution is 2.24. The zero-order valence-electron chi connectivity index (χ0n) is 15.1. The van der Waals surface area contributed by atoms with Crippen molar-refractivity contribution in [3.63, 3.8) is 0 Å². The number of imidazole rings is 1. The van der Waals surface area contributed by atoms with E-state index < -0.39 is 0 Å². The number of nitrogens with zero attached hydrogens (tertiary/aromatic N) is 2. The zero-order valence-corrected chi connectivity index (χ0v) is 15.1. The van der Waals surface area contributed by atoms with Crippen molar-refractivity contribution in [2.24, 2.45) is 5.92 Å². The van der Waals surface area contributed by atoms with E-state index in [2.05, 4.69) is 35.0 Å². The highest BCUT2D eigenvalue weighted by molar-refractivity contribution is 5.89. The van der Waals surface area contributed by atoms with Crippen molar-refractivity contribution in [2.45, 2.75) is 13.8 Å². The first-order valence-electron chi connectivity index (χ1n) is 8.51. The van der Waals surface area contributed by atoms with E-state index in [9.17, 15) is 4.79 Å². The van der Waals surface area contributed by atoms with Crippen LogP contribution in [0.25, 0.3) is 16.7 Å². The molecule has 0 unspecified atom stereocenters. The van der Waals surface area contributed by atoms with Crippen molar-refractivity contribution in [1.29, 1.82) is 0 Å². The van der Waals surface area contributed by atoms with Crippen LogP contribution in [0.15, 0.2) is 48.8 Å². The molecule has 3 aromatic rings. The topological polar surface area (TPSA) is 80.2 Å². The number of aromatic nitrogens is 2. The molecule has 1 heterocycles. The predicted molar refractivity (Wildman–Crippen MR) is 103 cm³/mol. The summed E-state index contributed by atoms with van der Waals surface area (Å²) in [4.78, 5) is 16.0. The van der Waals surface area contributed by atoms with E-state index in [1.54, 1.807) is 13.4 Å². The normalized spacial score (nSPS) is 10.9. The number of hydrogen-bond acceptors (Lipinski definition) is 4. The van der Waals surface area contributed by atoms with E-state index in [1.807, 2.05) is 47.0 Å². The lowest BCUT2D eigenvalue weighted by Crippen LogP contribution is -2.37. The number of benzene rings is 2. The van der Waals surface area contributed by atoms with Gasteiger partial charge in [0.05, 0.1) is 17.6 Å². The Kier molecular flexibility index (Phi) is 5.38. The number of urea groups is 1. The Bertz CT molecular complexity index is 887. The third kappa shape index (κ3) is 4.12. The number of anilines is 1. The van der Waals surface area contributed by atoms with E-state index in [4.69, 9.17) is 4.74 Å². The lowest BCUT2D eigenvalue weighted by atomic mass is 10.2. The SMILES string of the molecule is CNNC(=O)Nc1ccc(-n2cnc3cc(OCC(C)C)ccc32)cc1. The first-order chi connectivity index (χ1) is 12.6. The number of carbonyl (C=O) groups excluding carboxylic acids is 1. The molecule has 0 aliphatic rings. The Labute approximate surface area is 152 Å². The van der Waals surface area contributed by atoms with Gasteiger partial charge in [-0.3, -0.25) is 9.99 Å². The molecule has 26 heavy (non-hydrogen) atoms. The summed E-state index contributed by atoms with van der Waals surface area (Å²) < 4.78 is 7.76. The Morgan fingerprint density at radius 1 is 1.19 bits per heavy atom. The van der Waals surface area contributed by atoms with Crippen LogP contribution in [-0.2, 0) is 0 Å². The van der Waals surface area contributed by atoms with Crippen LogP contribution in [0.1, 0.15) is 13.8 Å². The monoisotopic (exact) mass is 353 g/mol. The van der Waals surface area contributed by atoms with Crippen LogP contribution < -0.4 is 20.9 Å². The molecular weight excluding hydrogens is 330 g/mol. The van der Waals surface area contributed by atoms with Crippen LogP contribution in [0.3, 0.4) is 0 Å². The molecule has 2 amide bonds. The summed E-state index contributed by atoms with van der Waals surface area (Å²) in [6.45, 7) is 4.92. The summed E-state index contributed by atoms with van der Waals surface area (Å²) in [5.41, 5.74) is 8.57. The van der Waals surface area contributed by atoms with Gasteiger partial charge in [-0.1, -0.05) is 13.8 Å². The van der Waals surface area contributed by atoms with Gasteiger partial charge < -0.3 is 10.1 Å². The van der Waals surface area contributed by atoms with Gasteiger partial charge in [0.1, 0.15) is 12.1 Å². The van der Waals surface area contributed by atoms with Crippen molar-refractivity contribution < 1.29 is 9.53 Å². The minimum atomic E-state index is -0.317. The third-order valence-corrected chi connectivity index (χ3v) is 3.74. The molecule has 0 radical (unpaired) electrons. The molecule has 0 aliphatic heterocycles. The van der Waals surface area contributed by atoms with Crippen molar-refractivity contribution >= 4 is 22.8 Å². The highest BCUT2D eigenvalue weighted by Gasteiger charge is 2.07. The Balaban J connectivity index is 1.78. The fourth-order valence-corrected chi connectivity index (χ4v) is 2.53. The summed E-state index contributed by atoms with van der Waals surface area (Å²) in [5, 5.41) is 2.73. The largest absolute Gasteiger partial charge is 0.493 e. The van der Waals surface area contributed by atoms with Gasteiger partial charge in [-0.2, -0.15) is 0 Å². The molecular formula is C19H23N5O2. The van der Waals surface area contributed by atoms with Crippen molar-refractivity contribution in [2.75, 3.05) is 19.0 Å². The molecule has 7 nitrogen and oxygen atoms in total. The lowest BCUT2D eigenvalue weighted by Gasteiger charge is -2.10. The fourth-order valence-electron chi connectivity index (χ4n) is 2.53. The molecule has 2 aromatic carbocycles. The average Bonchev–Trinajstić information content (AvgIpc) is 3.04. The van der Waals surface area contributed by atoms with Crippen LogP contribution in [-0.4, -0.2) is 29.2 Å². The Morgan fingerprint density at radius 2 is 1.96 bits per heavy atom. The molecule has 0 bridgehead atoms. The third-order valence-electron chi connectivity index (χ3n) is 3.74. The average molecular weight is 353 g/mol. The van der Waals surface area contributed by atoms with Gasteiger partial charge in [0.25, 0.3) is 0 Å². The number of ether oxygens (including phenoxy) is 1. The number of carbonyl (C=O) groups is 1. The maximum Gasteiger partial charge on any atom is 0.333 e. The molecule has 3 N–H and O–H groups in total. The first kappa shape index (κ1) is 17.8. The number of hydrogen-bond donors (Lipinski definition) is 3. The number of rotatable bonds is 6. The van der Waals surface area contributed by atoms with E-state index in [-0.39, 0.29) is 6.03 Å². The number of hydrazine groups is 1. The van der Waals surface area contributed by atoms with Crippen molar-refractivity contribution in [1.82, 2.24) is 20.4 Å². The molecule has 3 rings (SSSR count). The molecule has 136 valence electrons. The second-order valence-corrected chi connectivity index (χ2v) is 6.35. The maximum atomic E-state index is 11.5. The first-order valence-corrected chi connectivity index (χ1v) is 8.51. The predicted octanol–water partition coefficient (Wildman–Crippen LogP) is 3.32. The second-order valence-electron chi connectivity index (χ2n) is 6.35. The van der Waals surface area contributed by atoms with Gasteiger partial charge in [0, 0.05) is 24.5 Å². The highest BCUT2D eigenvalue weighted by atomic mass is 16.5. The van der Waals surface area contributed by atoms with Crippen LogP contribution in [0, 0.1) is 5.92 Å². The number of fused-ring (bicyclic) bond motifs is 1. The zero-order chi connectivity index (χ0) is 18.5. The standard InChI is InChI=1S/C19H23N5O2/c1-13(2)11-26-16-8-9-18-17(10-16)21-12-24(18)15-6-4-14(5-7-15)22-19(25)23-20-3/h4-10,12-13,20H,11H2,1-3H3,(H2,22,23,25). The van der Waals surface area contributed by atoms with Gasteiger partial charge >= 0.3 is 6.03 Å². The molecule has 0 atom stereocenters. The van der Waals surface area contributed by atoms with E-state index >= 15 is 0 Å². The molecule has 7 heteroatoms. The summed E-state index contributed by atoms with van der Waals surface area (Å²) in [7, 11) is 1.63. The van der Waals surface area contributed by atoms with E-state index in [0.29, 0.717) is 18.2 Å². The number of nitrogens with one attached hydrogen (secondary N) is 3. The van der Waals surface area contributed by atoms with Crippen molar-refractivity contribution in [3.8, 4) is 11.4 Å². The molecule has 1 aromatic heterocycles. The lowest BCUT2D eigenvalue weighted by molar-refractivity contribution is 0.249. The van der Waals surface area contributed by atoms with Crippen LogP contribution in [0.5, 0.6) is 5.75 Å². The minimum absolute atomic E-state index is 0.317. The van der Waals surface area contributed by atoms with Crippen molar-refractivity contribution in [3.05, 3.63) is 48.8 Å². The molecule has 0 spiro atoms. The van der Waals surface area contributed by atoms with E-state index in [0.717, 1.165) is 22.5 Å². The van der Waals surface area contributed by atoms with Crippen LogP contribution >= 0.6 is 0 Å². The van der Waals surface area contributed by atoms with Gasteiger partial charge in [-0.25, -0.2) is 15.2 Å². The summed E-state index contributed by atoms with van der Waals surface area (Å²) in [6.07, 6.45) is 1.78. The van der Waals surface area contributed by atoms with Gasteiger partial charge in [0.15, 0.2) is 0 Å². The molecule has 0 saturated carbocycles. The fraction of sp³-hybridized carbons (Fsp3) is 0.263. The molecule has 0 fully saturated rings. The summed E-state index contributed by atoms with van der Waals surface area (Å²) in [5.74, 6) is 1.30. The Morgan fingerprint density at radius 3 is 2.65 bits per heavy atom.